The molecule has 1 saturated heterocycles. The standard InChI is InChI=1S/C23H26N4O3S/c1-4-30-20-14-16(10-11-19(20)29-3)17-9-7-13-27(26-17)23(28)21-15(2)25-22(31-21)18-8-5-6-12-24-18/h5-6,8,10-12,14,17,26H,4,7,9,13H2,1-3H3. The first-order chi connectivity index (χ1) is 15.1. The number of hydrazine groups is 1. The molecule has 7 nitrogen and oxygen atoms in total. The van der Waals surface area contributed by atoms with Crippen LogP contribution < -0.4 is 14.9 Å². The van der Waals surface area contributed by atoms with E-state index in [0.717, 1.165) is 34.8 Å². The second-order valence-corrected chi connectivity index (χ2v) is 8.27. The van der Waals surface area contributed by atoms with Gasteiger partial charge in [0, 0.05) is 12.7 Å². The van der Waals surface area contributed by atoms with Gasteiger partial charge in [0.15, 0.2) is 11.5 Å². The Balaban J connectivity index is 1.53. The number of carbonyl (C=O) groups excluding carboxylic acids is 1. The van der Waals surface area contributed by atoms with E-state index in [1.165, 1.54) is 11.3 Å². The summed E-state index contributed by atoms with van der Waals surface area (Å²) in [5, 5.41) is 2.47. The third kappa shape index (κ3) is 4.55. The van der Waals surface area contributed by atoms with Crippen molar-refractivity contribution >= 4 is 17.2 Å². The van der Waals surface area contributed by atoms with Crippen molar-refractivity contribution in [3.63, 3.8) is 0 Å². The van der Waals surface area contributed by atoms with E-state index in [1.807, 2.05) is 50.2 Å². The first-order valence-corrected chi connectivity index (χ1v) is 11.2. The van der Waals surface area contributed by atoms with Crippen LogP contribution >= 0.6 is 11.3 Å². The fourth-order valence-electron chi connectivity index (χ4n) is 3.67. The molecule has 1 aliphatic heterocycles. The van der Waals surface area contributed by atoms with Gasteiger partial charge in [-0.05, 0) is 56.5 Å². The summed E-state index contributed by atoms with van der Waals surface area (Å²) in [5.74, 6) is 1.36. The van der Waals surface area contributed by atoms with Crippen LogP contribution in [0.4, 0.5) is 0 Å². The monoisotopic (exact) mass is 438 g/mol. The van der Waals surface area contributed by atoms with Crippen molar-refractivity contribution in [1.29, 1.82) is 0 Å². The molecule has 1 aliphatic rings. The maximum Gasteiger partial charge on any atom is 0.279 e. The van der Waals surface area contributed by atoms with Crippen LogP contribution in [-0.2, 0) is 0 Å². The summed E-state index contributed by atoms with van der Waals surface area (Å²) in [6.07, 6.45) is 3.57. The number of aromatic nitrogens is 2. The smallest absolute Gasteiger partial charge is 0.279 e. The molecule has 2 aromatic heterocycles. The van der Waals surface area contributed by atoms with Gasteiger partial charge in [0.2, 0.25) is 0 Å². The van der Waals surface area contributed by atoms with E-state index in [9.17, 15) is 4.79 Å². The average Bonchev–Trinajstić information content (AvgIpc) is 3.21. The molecule has 3 heterocycles. The minimum absolute atomic E-state index is 0.0197. The lowest BCUT2D eigenvalue weighted by Crippen LogP contribution is -2.48. The highest BCUT2D eigenvalue weighted by Gasteiger charge is 2.28. The number of ether oxygens (including phenoxy) is 2. The summed E-state index contributed by atoms with van der Waals surface area (Å²) in [4.78, 5) is 22.8. The lowest BCUT2D eigenvalue weighted by atomic mass is 10.00. The molecular formula is C23H26N4O3S. The number of amides is 1. The van der Waals surface area contributed by atoms with E-state index in [0.29, 0.717) is 29.5 Å². The summed E-state index contributed by atoms with van der Waals surface area (Å²) in [6, 6.07) is 11.6. The number of thiazole rings is 1. The summed E-state index contributed by atoms with van der Waals surface area (Å²) in [7, 11) is 1.63. The predicted molar refractivity (Wildman–Crippen MR) is 120 cm³/mol. The second-order valence-electron chi connectivity index (χ2n) is 7.27. The number of rotatable bonds is 6. The molecule has 0 bridgehead atoms. The Labute approximate surface area is 186 Å². The van der Waals surface area contributed by atoms with Crippen molar-refractivity contribution in [3.8, 4) is 22.2 Å². The zero-order valence-electron chi connectivity index (χ0n) is 17.9. The highest BCUT2D eigenvalue weighted by atomic mass is 32.1. The normalized spacial score (nSPS) is 16.2. The molecule has 162 valence electrons. The molecule has 8 heteroatoms. The van der Waals surface area contributed by atoms with E-state index in [1.54, 1.807) is 18.3 Å². The Morgan fingerprint density at radius 1 is 1.29 bits per heavy atom. The van der Waals surface area contributed by atoms with Gasteiger partial charge in [-0.15, -0.1) is 11.3 Å². The quantitative estimate of drug-likeness (QED) is 0.615. The van der Waals surface area contributed by atoms with E-state index in [-0.39, 0.29) is 11.9 Å². The van der Waals surface area contributed by atoms with Crippen LogP contribution in [0.2, 0.25) is 0 Å². The molecule has 1 amide bonds. The van der Waals surface area contributed by atoms with E-state index >= 15 is 0 Å². The van der Waals surface area contributed by atoms with Crippen LogP contribution in [-0.4, -0.2) is 41.1 Å². The van der Waals surface area contributed by atoms with E-state index in [4.69, 9.17) is 9.47 Å². The van der Waals surface area contributed by atoms with Gasteiger partial charge in [-0.25, -0.2) is 10.4 Å². The molecule has 1 N–H and O–H groups in total. The first kappa shape index (κ1) is 21.3. The Hall–Kier alpha value is -2.97. The molecular weight excluding hydrogens is 412 g/mol. The molecule has 0 spiro atoms. The Morgan fingerprint density at radius 3 is 2.90 bits per heavy atom. The van der Waals surface area contributed by atoms with Gasteiger partial charge in [0.1, 0.15) is 9.88 Å². The molecule has 3 aromatic rings. The van der Waals surface area contributed by atoms with Crippen molar-refractivity contribution in [2.45, 2.75) is 32.7 Å². The predicted octanol–water partition coefficient (Wildman–Crippen LogP) is 4.40. The number of pyridine rings is 1. The zero-order chi connectivity index (χ0) is 21.8. The first-order valence-electron chi connectivity index (χ1n) is 10.4. The number of methoxy groups -OCH3 is 1. The molecule has 1 unspecified atom stereocenters. The number of nitrogens with zero attached hydrogens (tertiary/aromatic N) is 3. The number of carbonyl (C=O) groups is 1. The van der Waals surface area contributed by atoms with Crippen molar-refractivity contribution in [2.24, 2.45) is 0 Å². The van der Waals surface area contributed by atoms with Crippen LogP contribution in [0.1, 0.15) is 46.7 Å². The SMILES string of the molecule is CCOc1cc(C2CCCN(C(=O)c3sc(-c4ccccn4)nc3C)N2)ccc1OC. The lowest BCUT2D eigenvalue weighted by Gasteiger charge is -2.34. The van der Waals surface area contributed by atoms with Crippen molar-refractivity contribution < 1.29 is 14.3 Å². The Morgan fingerprint density at radius 2 is 2.16 bits per heavy atom. The third-order valence-electron chi connectivity index (χ3n) is 5.20. The Bertz CT molecular complexity index is 1050. The van der Waals surface area contributed by atoms with Gasteiger partial charge >= 0.3 is 0 Å². The molecule has 4 rings (SSSR count). The lowest BCUT2D eigenvalue weighted by molar-refractivity contribution is 0.0537. The number of benzene rings is 1. The zero-order valence-corrected chi connectivity index (χ0v) is 18.7. The van der Waals surface area contributed by atoms with E-state index in [2.05, 4.69) is 15.4 Å². The maximum absolute atomic E-state index is 13.3. The molecule has 1 aromatic carbocycles. The van der Waals surface area contributed by atoms with E-state index < -0.39 is 0 Å². The van der Waals surface area contributed by atoms with Gasteiger partial charge in [-0.2, -0.15) is 0 Å². The molecule has 0 aliphatic carbocycles. The molecule has 0 radical (unpaired) electrons. The van der Waals surface area contributed by atoms with Crippen LogP contribution in [0.3, 0.4) is 0 Å². The summed E-state index contributed by atoms with van der Waals surface area (Å²) < 4.78 is 11.1. The summed E-state index contributed by atoms with van der Waals surface area (Å²) in [5.41, 5.74) is 5.97. The minimum Gasteiger partial charge on any atom is -0.493 e. The van der Waals surface area contributed by atoms with Gasteiger partial charge in [-0.3, -0.25) is 14.8 Å². The number of nitrogens with one attached hydrogen (secondary N) is 1. The van der Waals surface area contributed by atoms with Crippen molar-refractivity contribution in [2.75, 3.05) is 20.3 Å². The highest BCUT2D eigenvalue weighted by Crippen LogP contribution is 2.34. The molecule has 1 fully saturated rings. The van der Waals surface area contributed by atoms with Crippen molar-refractivity contribution in [3.05, 3.63) is 58.7 Å². The minimum atomic E-state index is -0.0552. The van der Waals surface area contributed by atoms with Crippen LogP contribution in [0, 0.1) is 6.92 Å². The third-order valence-corrected chi connectivity index (χ3v) is 6.36. The average molecular weight is 439 g/mol. The molecule has 1 atom stereocenters. The highest BCUT2D eigenvalue weighted by molar-refractivity contribution is 7.17. The van der Waals surface area contributed by atoms with Crippen LogP contribution in [0.15, 0.2) is 42.6 Å². The molecule has 0 saturated carbocycles. The van der Waals surface area contributed by atoms with Crippen LogP contribution in [0.25, 0.3) is 10.7 Å². The topological polar surface area (TPSA) is 76.6 Å². The largest absolute Gasteiger partial charge is 0.493 e. The molecule has 31 heavy (non-hydrogen) atoms. The summed E-state index contributed by atoms with van der Waals surface area (Å²) in [6.45, 7) is 5.03. The number of hydrogen-bond acceptors (Lipinski definition) is 7. The van der Waals surface area contributed by atoms with Gasteiger partial charge in [0.25, 0.3) is 5.91 Å². The van der Waals surface area contributed by atoms with Gasteiger partial charge < -0.3 is 9.47 Å². The Kier molecular flexibility index (Phi) is 6.48. The fourth-order valence-corrected chi connectivity index (χ4v) is 4.66. The number of aryl methyl sites for hydroxylation is 1. The van der Waals surface area contributed by atoms with Gasteiger partial charge in [0.05, 0.1) is 31.1 Å². The van der Waals surface area contributed by atoms with Crippen LogP contribution in [0.5, 0.6) is 11.5 Å². The second kappa shape index (κ2) is 9.45. The maximum atomic E-state index is 13.3. The fraction of sp³-hybridized carbons (Fsp3) is 0.348. The number of hydrogen-bond donors (Lipinski definition) is 1. The van der Waals surface area contributed by atoms with Gasteiger partial charge in [-0.1, -0.05) is 12.1 Å². The van der Waals surface area contributed by atoms with Crippen molar-refractivity contribution in [1.82, 2.24) is 20.4 Å². The summed E-state index contributed by atoms with van der Waals surface area (Å²) >= 11 is 1.38.